The number of fused-ring (bicyclic) bond motifs is 2. The predicted molar refractivity (Wildman–Crippen MR) is 100 cm³/mol. The Labute approximate surface area is 151 Å². The van der Waals surface area contributed by atoms with Crippen molar-refractivity contribution in [2.24, 2.45) is 0 Å². The Morgan fingerprint density at radius 3 is 3.08 bits per heavy atom. The van der Waals surface area contributed by atoms with Gasteiger partial charge in [-0.15, -0.1) is 0 Å². The lowest BCUT2D eigenvalue weighted by Gasteiger charge is -2.34. The summed E-state index contributed by atoms with van der Waals surface area (Å²) in [6.07, 6.45) is 3.88. The Balaban J connectivity index is 1.42. The van der Waals surface area contributed by atoms with Gasteiger partial charge < -0.3 is 20.1 Å². The number of rotatable bonds is 4. The lowest BCUT2D eigenvalue weighted by molar-refractivity contribution is -0.120. The number of hydrogen-bond donors (Lipinski definition) is 2. The summed E-state index contributed by atoms with van der Waals surface area (Å²) in [5.41, 5.74) is 3.81. The van der Waals surface area contributed by atoms with Gasteiger partial charge in [-0.2, -0.15) is 0 Å². The number of anilines is 2. The smallest absolute Gasteiger partial charge is 0.239 e. The van der Waals surface area contributed by atoms with E-state index < -0.39 is 0 Å². The van der Waals surface area contributed by atoms with Crippen LogP contribution in [0.2, 0.25) is 0 Å². The third-order valence-electron chi connectivity index (χ3n) is 4.67. The molecule has 1 aromatic carbocycles. The number of carbonyl (C=O) groups is 1. The zero-order valence-corrected chi connectivity index (χ0v) is 14.8. The molecule has 1 aliphatic heterocycles. The highest BCUT2D eigenvalue weighted by atomic mass is 16.2. The molecule has 0 aliphatic carbocycles. The van der Waals surface area contributed by atoms with E-state index in [1.165, 1.54) is 17.6 Å². The third kappa shape index (κ3) is 3.05. The highest BCUT2D eigenvalue weighted by Gasteiger charge is 2.24. The van der Waals surface area contributed by atoms with Crippen molar-refractivity contribution in [3.63, 3.8) is 0 Å². The number of nitrogens with one attached hydrogen (secondary N) is 2. The van der Waals surface area contributed by atoms with E-state index in [-0.39, 0.29) is 18.5 Å². The summed E-state index contributed by atoms with van der Waals surface area (Å²) < 4.78 is 0. The fourth-order valence-electron chi connectivity index (χ4n) is 3.52. The molecule has 1 aliphatic rings. The maximum Gasteiger partial charge on any atom is 0.239 e. The molecule has 1 unspecified atom stereocenters. The van der Waals surface area contributed by atoms with Gasteiger partial charge in [0.05, 0.1) is 18.9 Å². The minimum absolute atomic E-state index is 0.0310. The van der Waals surface area contributed by atoms with Crippen LogP contribution in [0.4, 0.5) is 11.5 Å². The predicted octanol–water partition coefficient (Wildman–Crippen LogP) is 0.966. The minimum Gasteiger partial charge on any atom is -0.372 e. The summed E-state index contributed by atoms with van der Waals surface area (Å²) in [6.45, 7) is 1.01. The number of aromatic nitrogens is 4. The molecule has 2 aromatic heterocycles. The van der Waals surface area contributed by atoms with Gasteiger partial charge in [-0.05, 0) is 18.1 Å². The highest BCUT2D eigenvalue weighted by Crippen LogP contribution is 2.25. The van der Waals surface area contributed by atoms with E-state index in [0.29, 0.717) is 11.5 Å². The van der Waals surface area contributed by atoms with Gasteiger partial charge in [-0.25, -0.2) is 15.0 Å². The first-order chi connectivity index (χ1) is 12.6. The van der Waals surface area contributed by atoms with Gasteiger partial charge in [0.2, 0.25) is 5.91 Å². The number of benzene rings is 1. The Morgan fingerprint density at radius 2 is 2.19 bits per heavy atom. The summed E-state index contributed by atoms with van der Waals surface area (Å²) in [6, 6.07) is 8.41. The van der Waals surface area contributed by atoms with Crippen LogP contribution < -0.4 is 15.1 Å². The zero-order chi connectivity index (χ0) is 18.1. The number of para-hydroxylation sites is 1. The molecule has 0 bridgehead atoms. The first-order valence-electron chi connectivity index (χ1n) is 8.55. The molecule has 8 nitrogen and oxygen atoms in total. The van der Waals surface area contributed by atoms with E-state index in [1.54, 1.807) is 11.2 Å². The molecule has 1 amide bonds. The molecule has 4 rings (SSSR count). The molecule has 26 heavy (non-hydrogen) atoms. The number of amides is 1. The van der Waals surface area contributed by atoms with Crippen LogP contribution in [0.25, 0.3) is 11.2 Å². The quantitative estimate of drug-likeness (QED) is 0.728. The summed E-state index contributed by atoms with van der Waals surface area (Å²) in [5.74, 6) is 0.630. The van der Waals surface area contributed by atoms with Crippen LogP contribution >= 0.6 is 0 Å². The van der Waals surface area contributed by atoms with Crippen molar-refractivity contribution in [3.8, 4) is 0 Å². The van der Waals surface area contributed by atoms with Crippen LogP contribution in [-0.4, -0.2) is 59.1 Å². The molecular weight excluding hydrogens is 330 g/mol. The van der Waals surface area contributed by atoms with Crippen molar-refractivity contribution in [2.45, 2.75) is 12.5 Å². The van der Waals surface area contributed by atoms with Crippen molar-refractivity contribution in [1.29, 1.82) is 0 Å². The molecule has 3 aromatic rings. The van der Waals surface area contributed by atoms with Gasteiger partial charge >= 0.3 is 0 Å². The first-order valence-corrected chi connectivity index (χ1v) is 8.55. The van der Waals surface area contributed by atoms with Crippen molar-refractivity contribution in [2.75, 3.05) is 37.0 Å². The van der Waals surface area contributed by atoms with Crippen LogP contribution in [0.15, 0.2) is 36.9 Å². The van der Waals surface area contributed by atoms with Crippen LogP contribution in [0.1, 0.15) is 5.56 Å². The number of imidazole rings is 1. The van der Waals surface area contributed by atoms with Gasteiger partial charge in [0.25, 0.3) is 0 Å². The molecule has 8 heteroatoms. The summed E-state index contributed by atoms with van der Waals surface area (Å²) >= 11 is 0. The summed E-state index contributed by atoms with van der Waals surface area (Å²) in [4.78, 5) is 32.1. The van der Waals surface area contributed by atoms with Crippen LogP contribution in [-0.2, 0) is 11.2 Å². The summed E-state index contributed by atoms with van der Waals surface area (Å²) in [7, 11) is 3.89. The standard InChI is InChI=1S/C18H21N7O/c1-24-8-13(7-12-5-3-4-6-14(12)24)23-15(26)9-25(2)18-16-17(20-10-19-16)21-11-22-18/h3-6,10-11,13H,7-9H2,1-2H3,(H,23,26)(H,19,20,21,22). The first kappa shape index (κ1) is 16.3. The largest absolute Gasteiger partial charge is 0.372 e. The summed E-state index contributed by atoms with van der Waals surface area (Å²) in [5, 5.41) is 3.14. The molecular formula is C18H21N7O. The molecule has 0 fully saturated rings. The van der Waals surface area contributed by atoms with E-state index in [0.717, 1.165) is 18.5 Å². The van der Waals surface area contributed by atoms with Crippen molar-refractivity contribution in [1.82, 2.24) is 25.3 Å². The van der Waals surface area contributed by atoms with E-state index in [9.17, 15) is 4.79 Å². The van der Waals surface area contributed by atoms with Gasteiger partial charge in [0.15, 0.2) is 11.5 Å². The Hall–Kier alpha value is -3.16. The fraction of sp³-hybridized carbons (Fsp3) is 0.333. The molecule has 134 valence electrons. The maximum atomic E-state index is 12.5. The van der Waals surface area contributed by atoms with Gasteiger partial charge in [0, 0.05) is 26.3 Å². The molecule has 3 heterocycles. The number of likely N-dealkylation sites (N-methyl/N-ethyl adjacent to an activating group) is 2. The second-order valence-electron chi connectivity index (χ2n) is 6.63. The molecule has 0 radical (unpaired) electrons. The SMILES string of the molecule is CN1CC(NC(=O)CN(C)c2ncnc3nc[nH]c23)Cc2ccccc21. The third-order valence-corrected chi connectivity index (χ3v) is 4.67. The average molecular weight is 351 g/mol. The maximum absolute atomic E-state index is 12.5. The van der Waals surface area contributed by atoms with Gasteiger partial charge in [-0.3, -0.25) is 4.79 Å². The van der Waals surface area contributed by atoms with Crippen molar-refractivity contribution in [3.05, 3.63) is 42.5 Å². The molecule has 0 spiro atoms. The Bertz CT molecular complexity index is 938. The normalized spacial score (nSPS) is 16.4. The second kappa shape index (κ2) is 6.62. The van der Waals surface area contributed by atoms with E-state index in [2.05, 4.69) is 49.3 Å². The average Bonchev–Trinajstić information content (AvgIpc) is 3.10. The van der Waals surface area contributed by atoms with E-state index in [4.69, 9.17) is 0 Å². The van der Waals surface area contributed by atoms with Gasteiger partial charge in [-0.1, -0.05) is 18.2 Å². The number of hydrogen-bond acceptors (Lipinski definition) is 6. The van der Waals surface area contributed by atoms with Crippen molar-refractivity contribution < 1.29 is 4.79 Å². The van der Waals surface area contributed by atoms with Crippen LogP contribution in [0.5, 0.6) is 0 Å². The fourth-order valence-corrected chi connectivity index (χ4v) is 3.52. The minimum atomic E-state index is -0.0310. The molecule has 2 N–H and O–H groups in total. The van der Waals surface area contributed by atoms with Gasteiger partial charge in [0.1, 0.15) is 11.8 Å². The Morgan fingerprint density at radius 1 is 1.35 bits per heavy atom. The molecule has 1 atom stereocenters. The molecule has 0 saturated carbocycles. The van der Waals surface area contributed by atoms with Crippen LogP contribution in [0, 0.1) is 0 Å². The van der Waals surface area contributed by atoms with Crippen molar-refractivity contribution >= 4 is 28.6 Å². The zero-order valence-electron chi connectivity index (χ0n) is 14.8. The number of nitrogens with zero attached hydrogens (tertiary/aromatic N) is 5. The topological polar surface area (TPSA) is 90.0 Å². The number of carbonyl (C=O) groups excluding carboxylic acids is 1. The Kier molecular flexibility index (Phi) is 4.16. The monoisotopic (exact) mass is 351 g/mol. The second-order valence-corrected chi connectivity index (χ2v) is 6.63. The van der Waals surface area contributed by atoms with E-state index >= 15 is 0 Å². The number of aromatic amines is 1. The molecule has 0 saturated heterocycles. The highest BCUT2D eigenvalue weighted by molar-refractivity contribution is 5.87. The lowest BCUT2D eigenvalue weighted by Crippen LogP contribution is -2.49. The lowest BCUT2D eigenvalue weighted by atomic mass is 9.98. The number of H-pyrrole nitrogens is 1. The van der Waals surface area contributed by atoms with Crippen LogP contribution in [0.3, 0.4) is 0 Å². The van der Waals surface area contributed by atoms with E-state index in [1.807, 2.05) is 19.2 Å².